The maximum absolute atomic E-state index is 14.5. The predicted molar refractivity (Wildman–Crippen MR) is 129 cm³/mol. The normalized spacial score (nSPS) is 20.1. The van der Waals surface area contributed by atoms with Crippen LogP contribution in [0.15, 0.2) is 42.5 Å². The Labute approximate surface area is 200 Å². The molecule has 3 rings (SSSR count). The van der Waals surface area contributed by atoms with E-state index in [-0.39, 0.29) is 31.2 Å². The van der Waals surface area contributed by atoms with Crippen molar-refractivity contribution >= 4 is 11.7 Å². The third kappa shape index (κ3) is 6.46. The van der Waals surface area contributed by atoms with Crippen molar-refractivity contribution in [2.24, 2.45) is 0 Å². The van der Waals surface area contributed by atoms with Gasteiger partial charge in [-0.2, -0.15) is 0 Å². The number of urea groups is 1. The van der Waals surface area contributed by atoms with Crippen LogP contribution in [-0.4, -0.2) is 51.7 Å². The summed E-state index contributed by atoms with van der Waals surface area (Å²) in [6, 6.07) is 11.9. The Hall–Kier alpha value is -2.68. The number of ether oxygens (including phenoxy) is 3. The van der Waals surface area contributed by atoms with Crippen LogP contribution in [0.4, 0.5) is 14.9 Å². The van der Waals surface area contributed by atoms with Crippen LogP contribution in [0.2, 0.25) is 0 Å². The fraction of sp³-hybridized carbons (Fsp3) is 0.500. The summed E-state index contributed by atoms with van der Waals surface area (Å²) in [7, 11) is 5.07. The number of hydrogen-bond acceptors (Lipinski definition) is 5. The number of methoxy groups -OCH3 is 2. The van der Waals surface area contributed by atoms with E-state index in [0.717, 1.165) is 42.5 Å². The van der Waals surface area contributed by atoms with E-state index < -0.39 is 5.60 Å². The molecule has 1 aliphatic carbocycles. The van der Waals surface area contributed by atoms with Gasteiger partial charge < -0.3 is 24.6 Å². The van der Waals surface area contributed by atoms with Crippen molar-refractivity contribution in [3.63, 3.8) is 0 Å². The Morgan fingerprint density at radius 1 is 1.18 bits per heavy atom. The maximum Gasteiger partial charge on any atom is 0.321 e. The predicted octanol–water partition coefficient (Wildman–Crippen LogP) is 4.36. The topological polar surface area (TPSA) is 80.3 Å². The number of aliphatic hydroxyl groups is 1. The summed E-state index contributed by atoms with van der Waals surface area (Å²) < 4.78 is 31.7. The van der Waals surface area contributed by atoms with Gasteiger partial charge >= 0.3 is 6.03 Å². The van der Waals surface area contributed by atoms with Gasteiger partial charge in [-0.1, -0.05) is 12.1 Å². The number of benzene rings is 2. The first-order chi connectivity index (χ1) is 16.4. The average Bonchev–Trinajstić information content (AvgIpc) is 2.87. The summed E-state index contributed by atoms with van der Waals surface area (Å²) in [5.74, 6) is 0.0896. The van der Waals surface area contributed by atoms with Gasteiger partial charge in [-0.25, -0.2) is 9.18 Å². The zero-order valence-corrected chi connectivity index (χ0v) is 20.2. The van der Waals surface area contributed by atoms with E-state index >= 15 is 0 Å². The summed E-state index contributed by atoms with van der Waals surface area (Å²) in [6.07, 6.45) is 3.95. The zero-order chi connectivity index (χ0) is 24.6. The first-order valence-corrected chi connectivity index (χ1v) is 11.6. The number of anilines is 1. The Morgan fingerprint density at radius 2 is 1.88 bits per heavy atom. The minimum Gasteiger partial charge on any atom is -0.489 e. The lowest BCUT2D eigenvalue weighted by molar-refractivity contribution is -0.0764. The lowest BCUT2D eigenvalue weighted by Crippen LogP contribution is -2.37. The number of carbonyl (C=O) groups is 1. The largest absolute Gasteiger partial charge is 0.489 e. The summed E-state index contributed by atoms with van der Waals surface area (Å²) in [6.45, 7) is 0.714. The van der Waals surface area contributed by atoms with Crippen LogP contribution in [0.1, 0.15) is 43.2 Å². The smallest absolute Gasteiger partial charge is 0.321 e. The standard InChI is InChI=1S/C26H35FN2O5/c1-29(25(31)28-13-4-14-30)22-7-5-19(6-8-22)18-34-24-16-20(15-21(27)17-24)26(33-3)11-9-23(32-2)10-12-26/h5-8,15-17,23,30H,4,9-14,18H2,1-3H3,(H,28,31)/t23-,26+. The molecule has 2 aromatic rings. The van der Waals surface area contributed by atoms with E-state index in [1.807, 2.05) is 30.3 Å². The molecule has 1 fully saturated rings. The van der Waals surface area contributed by atoms with Crippen molar-refractivity contribution in [2.75, 3.05) is 39.3 Å². The highest BCUT2D eigenvalue weighted by Gasteiger charge is 2.37. The molecule has 0 atom stereocenters. The second-order valence-electron chi connectivity index (χ2n) is 8.63. The fourth-order valence-electron chi connectivity index (χ4n) is 4.31. The SMILES string of the molecule is CO[C@H]1CC[C@](OC)(c2cc(F)cc(OCc3ccc(N(C)C(=O)NCCCO)cc3)c2)CC1. The van der Waals surface area contributed by atoms with E-state index in [1.54, 1.807) is 21.3 Å². The fourth-order valence-corrected chi connectivity index (χ4v) is 4.31. The van der Waals surface area contributed by atoms with Gasteiger partial charge in [0.05, 0.1) is 11.7 Å². The number of rotatable bonds is 10. The number of aliphatic hydroxyl groups excluding tert-OH is 1. The van der Waals surface area contributed by atoms with E-state index in [4.69, 9.17) is 19.3 Å². The van der Waals surface area contributed by atoms with Gasteiger partial charge in [-0.05, 0) is 67.5 Å². The van der Waals surface area contributed by atoms with Gasteiger partial charge in [-0.15, -0.1) is 0 Å². The molecule has 7 nitrogen and oxygen atoms in total. The molecule has 0 spiro atoms. The molecule has 1 aliphatic rings. The Kier molecular flexibility index (Phi) is 9.27. The maximum atomic E-state index is 14.5. The summed E-state index contributed by atoms with van der Waals surface area (Å²) in [4.78, 5) is 13.7. The van der Waals surface area contributed by atoms with E-state index in [9.17, 15) is 9.18 Å². The molecule has 0 aliphatic heterocycles. The highest BCUT2D eigenvalue weighted by atomic mass is 19.1. The lowest BCUT2D eigenvalue weighted by Gasteiger charge is -2.39. The molecular weight excluding hydrogens is 439 g/mol. The third-order valence-corrected chi connectivity index (χ3v) is 6.51. The van der Waals surface area contributed by atoms with Crippen LogP contribution in [0.25, 0.3) is 0 Å². The molecule has 0 bridgehead atoms. The van der Waals surface area contributed by atoms with Crippen molar-refractivity contribution in [2.45, 2.75) is 50.4 Å². The average molecular weight is 475 g/mol. The van der Waals surface area contributed by atoms with Crippen molar-refractivity contribution in [1.82, 2.24) is 5.32 Å². The number of carbonyl (C=O) groups excluding carboxylic acids is 1. The Bertz CT molecular complexity index is 929. The molecule has 1 saturated carbocycles. The molecule has 8 heteroatoms. The highest BCUT2D eigenvalue weighted by Crippen LogP contribution is 2.42. The van der Waals surface area contributed by atoms with Gasteiger partial charge in [0.2, 0.25) is 0 Å². The third-order valence-electron chi connectivity index (χ3n) is 6.51. The Morgan fingerprint density at radius 3 is 2.50 bits per heavy atom. The van der Waals surface area contributed by atoms with Crippen LogP contribution in [0, 0.1) is 5.82 Å². The molecule has 0 radical (unpaired) electrons. The molecule has 2 N–H and O–H groups in total. The van der Waals surface area contributed by atoms with Gasteiger partial charge in [0.1, 0.15) is 18.2 Å². The zero-order valence-electron chi connectivity index (χ0n) is 20.2. The summed E-state index contributed by atoms with van der Waals surface area (Å²) in [5.41, 5.74) is 1.86. The van der Waals surface area contributed by atoms with Gasteiger partial charge in [0, 0.05) is 46.2 Å². The Balaban J connectivity index is 1.63. The second kappa shape index (κ2) is 12.1. The lowest BCUT2D eigenvalue weighted by atomic mass is 9.78. The van der Waals surface area contributed by atoms with Gasteiger partial charge in [0.15, 0.2) is 0 Å². The molecule has 2 aromatic carbocycles. The minimum atomic E-state index is -0.542. The van der Waals surface area contributed by atoms with Gasteiger partial charge in [0.25, 0.3) is 0 Å². The minimum absolute atomic E-state index is 0.0340. The van der Waals surface area contributed by atoms with Crippen LogP contribution in [-0.2, 0) is 21.7 Å². The second-order valence-corrected chi connectivity index (χ2v) is 8.63. The van der Waals surface area contributed by atoms with Crippen LogP contribution < -0.4 is 15.0 Å². The van der Waals surface area contributed by atoms with Crippen LogP contribution >= 0.6 is 0 Å². The summed E-state index contributed by atoms with van der Waals surface area (Å²) in [5, 5.41) is 11.6. The van der Waals surface area contributed by atoms with Gasteiger partial charge in [-0.3, -0.25) is 4.90 Å². The molecule has 0 aromatic heterocycles. The van der Waals surface area contributed by atoms with E-state index in [0.29, 0.717) is 18.7 Å². The quantitative estimate of drug-likeness (QED) is 0.500. The van der Waals surface area contributed by atoms with Crippen molar-refractivity contribution in [3.05, 3.63) is 59.4 Å². The number of nitrogens with one attached hydrogen (secondary N) is 1. The number of hydrogen-bond donors (Lipinski definition) is 2. The van der Waals surface area contributed by atoms with Crippen molar-refractivity contribution in [3.8, 4) is 5.75 Å². The molecule has 2 amide bonds. The molecule has 34 heavy (non-hydrogen) atoms. The number of nitrogens with zero attached hydrogens (tertiary/aromatic N) is 1. The molecule has 0 saturated heterocycles. The molecule has 186 valence electrons. The number of amides is 2. The first kappa shape index (κ1) is 25.9. The van der Waals surface area contributed by atoms with E-state index in [1.165, 1.54) is 17.0 Å². The monoisotopic (exact) mass is 474 g/mol. The van der Waals surface area contributed by atoms with Crippen molar-refractivity contribution < 1.29 is 28.5 Å². The molecular formula is C26H35FN2O5. The van der Waals surface area contributed by atoms with E-state index in [2.05, 4.69) is 5.32 Å². The van der Waals surface area contributed by atoms with Crippen LogP contribution in [0.5, 0.6) is 5.75 Å². The van der Waals surface area contributed by atoms with Crippen molar-refractivity contribution in [1.29, 1.82) is 0 Å². The highest BCUT2D eigenvalue weighted by molar-refractivity contribution is 5.91. The first-order valence-electron chi connectivity index (χ1n) is 11.6. The number of halogens is 1. The van der Waals surface area contributed by atoms with Crippen LogP contribution in [0.3, 0.4) is 0 Å². The summed E-state index contributed by atoms with van der Waals surface area (Å²) >= 11 is 0. The molecule has 0 heterocycles. The molecule has 0 unspecified atom stereocenters.